The molecule has 0 heterocycles. The smallest absolute Gasteiger partial charge is 0.249 e. The number of allylic oxidation sites excluding steroid dienone is 4. The molecule has 4 unspecified atom stereocenters. The molecule has 0 saturated heterocycles. The third-order valence-electron chi connectivity index (χ3n) is 12.7. The van der Waals surface area contributed by atoms with Gasteiger partial charge in [0.25, 0.3) is 0 Å². The molecule has 0 bridgehead atoms. The summed E-state index contributed by atoms with van der Waals surface area (Å²) < 4.78 is 0. The van der Waals surface area contributed by atoms with Crippen molar-refractivity contribution in [3.05, 3.63) is 24.3 Å². The molecule has 0 rings (SSSR count). The van der Waals surface area contributed by atoms with Gasteiger partial charge in [0.2, 0.25) is 5.91 Å². The number of nitrogens with one attached hydrogen (secondary N) is 1. The van der Waals surface area contributed by atoms with Crippen molar-refractivity contribution in [2.45, 2.75) is 308 Å². The van der Waals surface area contributed by atoms with Crippen LogP contribution in [0.4, 0.5) is 0 Å². The van der Waals surface area contributed by atoms with Crippen LogP contribution in [0.5, 0.6) is 0 Å². The van der Waals surface area contributed by atoms with Crippen LogP contribution in [0.25, 0.3) is 0 Å². The number of aliphatic hydroxyl groups excluding tert-OH is 4. The van der Waals surface area contributed by atoms with Crippen molar-refractivity contribution < 1.29 is 25.2 Å². The van der Waals surface area contributed by atoms with Gasteiger partial charge in [0.15, 0.2) is 0 Å². The highest BCUT2D eigenvalue weighted by Gasteiger charge is 2.28. The highest BCUT2D eigenvalue weighted by molar-refractivity contribution is 5.80. The average Bonchev–Trinajstić information content (AvgIpc) is 3.25. The zero-order chi connectivity index (χ0) is 43.8. The number of carbonyl (C=O) groups excluding carboxylic acids is 1. The van der Waals surface area contributed by atoms with Gasteiger partial charge in [0.1, 0.15) is 12.2 Å². The quantitative estimate of drug-likeness (QED) is 0.0309. The second kappa shape index (κ2) is 48.8. The van der Waals surface area contributed by atoms with Gasteiger partial charge >= 0.3 is 0 Å². The van der Waals surface area contributed by atoms with Crippen molar-refractivity contribution in [2.24, 2.45) is 0 Å². The monoisotopic (exact) mass is 848 g/mol. The van der Waals surface area contributed by atoms with Gasteiger partial charge < -0.3 is 25.7 Å². The Morgan fingerprint density at radius 1 is 0.417 bits per heavy atom. The number of aliphatic hydroxyl groups is 4. The summed E-state index contributed by atoms with van der Waals surface area (Å²) in [7, 11) is 0. The van der Waals surface area contributed by atoms with Crippen LogP contribution in [0.15, 0.2) is 24.3 Å². The third-order valence-corrected chi connectivity index (χ3v) is 12.7. The molecule has 0 radical (unpaired) electrons. The van der Waals surface area contributed by atoms with E-state index in [1.165, 1.54) is 212 Å². The normalized spacial score (nSPS) is 14.0. The first kappa shape index (κ1) is 58.8. The van der Waals surface area contributed by atoms with Crippen molar-refractivity contribution in [3.63, 3.8) is 0 Å². The summed E-state index contributed by atoms with van der Waals surface area (Å²) >= 11 is 0. The summed E-state index contributed by atoms with van der Waals surface area (Å²) in [6.07, 6.45) is 58.8. The first-order chi connectivity index (χ1) is 29.5. The van der Waals surface area contributed by atoms with Gasteiger partial charge in [0.05, 0.1) is 18.8 Å². The molecular weight excluding hydrogens is 743 g/mol. The molecule has 356 valence electrons. The van der Waals surface area contributed by atoms with E-state index in [1.807, 2.05) is 0 Å². The Hall–Kier alpha value is -1.21. The summed E-state index contributed by atoms with van der Waals surface area (Å²) in [6, 6.07) is -0.980. The van der Waals surface area contributed by atoms with Crippen molar-refractivity contribution in [1.82, 2.24) is 5.32 Å². The molecule has 0 aliphatic heterocycles. The average molecular weight is 848 g/mol. The molecule has 0 fully saturated rings. The zero-order valence-electron chi connectivity index (χ0n) is 40.2. The predicted octanol–water partition coefficient (Wildman–Crippen LogP) is 15.1. The first-order valence-electron chi connectivity index (χ1n) is 26.7. The molecule has 0 aromatic heterocycles. The minimum absolute atomic E-state index is 0.370. The lowest BCUT2D eigenvalue weighted by molar-refractivity contribution is -0.132. The van der Waals surface area contributed by atoms with Crippen LogP contribution in [-0.2, 0) is 4.79 Å². The number of hydrogen-bond donors (Lipinski definition) is 5. The maximum absolute atomic E-state index is 12.5. The number of hydrogen-bond acceptors (Lipinski definition) is 5. The molecule has 0 aliphatic carbocycles. The fourth-order valence-electron chi connectivity index (χ4n) is 8.44. The summed E-state index contributed by atoms with van der Waals surface area (Å²) in [5.74, 6) is -0.586. The van der Waals surface area contributed by atoms with Crippen molar-refractivity contribution in [1.29, 1.82) is 0 Å². The van der Waals surface area contributed by atoms with E-state index in [0.717, 1.165) is 44.9 Å². The molecule has 0 aliphatic rings. The van der Waals surface area contributed by atoms with E-state index in [0.29, 0.717) is 12.8 Å². The Balaban J connectivity index is 3.45. The van der Waals surface area contributed by atoms with Gasteiger partial charge in [-0.25, -0.2) is 0 Å². The van der Waals surface area contributed by atoms with E-state index >= 15 is 0 Å². The van der Waals surface area contributed by atoms with Crippen molar-refractivity contribution in [2.75, 3.05) is 6.61 Å². The third kappa shape index (κ3) is 42.1. The second-order valence-corrected chi connectivity index (χ2v) is 18.6. The SMILES string of the molecule is CCCCCCCCCCCCCCCCC/C=C\C/C=C\CCCCCCCCCCCCCCCCCCC(O)C(=O)NC(CO)C(O)C(O)CCCCCCCC. The molecule has 1 amide bonds. The molecule has 6 heteroatoms. The molecule has 0 spiro atoms. The Labute approximate surface area is 374 Å². The van der Waals surface area contributed by atoms with Crippen LogP contribution in [0, 0.1) is 0 Å². The topological polar surface area (TPSA) is 110 Å². The molecular formula is C54H105NO5. The Bertz CT molecular complexity index is 909. The Morgan fingerprint density at radius 3 is 1.05 bits per heavy atom. The van der Waals surface area contributed by atoms with Crippen LogP contribution < -0.4 is 5.32 Å². The molecule has 0 saturated carbocycles. The van der Waals surface area contributed by atoms with E-state index in [-0.39, 0.29) is 0 Å². The van der Waals surface area contributed by atoms with Crippen molar-refractivity contribution in [3.8, 4) is 0 Å². The summed E-state index contributed by atoms with van der Waals surface area (Å²) in [4.78, 5) is 12.5. The Kier molecular flexibility index (Phi) is 47.8. The highest BCUT2D eigenvalue weighted by Crippen LogP contribution is 2.17. The summed E-state index contributed by atoms with van der Waals surface area (Å²) in [5, 5.41) is 43.3. The standard InChI is InChI=1S/C54H105NO5/c1-3-5-7-9-11-12-13-14-15-16-17-18-19-20-21-22-23-24-25-26-27-28-29-30-31-32-33-34-35-36-37-38-39-40-41-42-44-46-48-52(58)54(60)55-50(49-56)53(59)51(57)47-45-43-10-8-6-4-2/h23-24,26-27,50-53,56-59H,3-22,25,28-49H2,1-2H3,(H,55,60)/b24-23-,27-26-. The van der Waals surface area contributed by atoms with E-state index in [1.54, 1.807) is 0 Å². The minimum atomic E-state index is -1.25. The van der Waals surface area contributed by atoms with Crippen LogP contribution in [-0.4, -0.2) is 57.3 Å². The fourth-order valence-corrected chi connectivity index (χ4v) is 8.44. The molecule has 0 aromatic rings. The maximum atomic E-state index is 12.5. The lowest BCUT2D eigenvalue weighted by Crippen LogP contribution is -2.53. The number of amides is 1. The van der Waals surface area contributed by atoms with Gasteiger partial charge in [-0.05, 0) is 44.9 Å². The molecule has 5 N–H and O–H groups in total. The maximum Gasteiger partial charge on any atom is 0.249 e. The second-order valence-electron chi connectivity index (χ2n) is 18.6. The number of carbonyl (C=O) groups is 1. The van der Waals surface area contributed by atoms with Crippen LogP contribution in [0.2, 0.25) is 0 Å². The van der Waals surface area contributed by atoms with E-state index in [9.17, 15) is 25.2 Å². The van der Waals surface area contributed by atoms with Gasteiger partial charge in [-0.2, -0.15) is 0 Å². The Morgan fingerprint density at radius 2 is 0.717 bits per heavy atom. The zero-order valence-corrected chi connectivity index (χ0v) is 40.2. The fraction of sp³-hybridized carbons (Fsp3) is 0.907. The largest absolute Gasteiger partial charge is 0.394 e. The number of rotatable bonds is 49. The first-order valence-corrected chi connectivity index (χ1v) is 26.7. The minimum Gasteiger partial charge on any atom is -0.394 e. The molecule has 6 nitrogen and oxygen atoms in total. The molecule has 60 heavy (non-hydrogen) atoms. The van der Waals surface area contributed by atoms with Gasteiger partial charge in [-0.15, -0.1) is 0 Å². The molecule has 4 atom stereocenters. The van der Waals surface area contributed by atoms with Gasteiger partial charge in [-0.1, -0.05) is 263 Å². The van der Waals surface area contributed by atoms with Crippen molar-refractivity contribution >= 4 is 5.91 Å². The summed E-state index contributed by atoms with van der Waals surface area (Å²) in [6.45, 7) is 3.99. The van der Waals surface area contributed by atoms with Crippen LogP contribution in [0.1, 0.15) is 284 Å². The van der Waals surface area contributed by atoms with E-state index in [4.69, 9.17) is 0 Å². The van der Waals surface area contributed by atoms with Crippen LogP contribution >= 0.6 is 0 Å². The number of unbranched alkanes of at least 4 members (excludes halogenated alkanes) is 36. The lowest BCUT2D eigenvalue weighted by atomic mass is 9.99. The van der Waals surface area contributed by atoms with E-state index in [2.05, 4.69) is 43.5 Å². The van der Waals surface area contributed by atoms with Gasteiger partial charge in [-0.3, -0.25) is 4.79 Å². The lowest BCUT2D eigenvalue weighted by Gasteiger charge is -2.27. The highest BCUT2D eigenvalue weighted by atomic mass is 16.3. The van der Waals surface area contributed by atoms with E-state index < -0.39 is 36.9 Å². The van der Waals surface area contributed by atoms with Gasteiger partial charge in [0, 0.05) is 0 Å². The molecule has 0 aromatic carbocycles. The van der Waals surface area contributed by atoms with Crippen LogP contribution in [0.3, 0.4) is 0 Å². The predicted molar refractivity (Wildman–Crippen MR) is 261 cm³/mol. The summed E-state index contributed by atoms with van der Waals surface area (Å²) in [5.41, 5.74) is 0.